The van der Waals surface area contributed by atoms with Gasteiger partial charge in [0.05, 0.1) is 5.56 Å². The van der Waals surface area contributed by atoms with Crippen LogP contribution < -0.4 is 11.1 Å². The quantitative estimate of drug-likeness (QED) is 0.578. The summed E-state index contributed by atoms with van der Waals surface area (Å²) in [6, 6.07) is 14.0. The molecule has 2 amide bonds. The first-order valence-electron chi connectivity index (χ1n) is 12.5. The maximum Gasteiger partial charge on any atom is 0.335 e. The number of likely N-dealkylation sites (tertiary alicyclic amines) is 1. The lowest BCUT2D eigenvalue weighted by molar-refractivity contribution is -0.141. The largest absolute Gasteiger partial charge is 0.478 e. The van der Waals surface area contributed by atoms with Gasteiger partial charge in [-0.25, -0.2) is 4.79 Å². The summed E-state index contributed by atoms with van der Waals surface area (Å²) in [5.41, 5.74) is 8.52. The lowest BCUT2D eigenvalue weighted by Crippen LogP contribution is -2.48. The zero-order valence-electron chi connectivity index (χ0n) is 20.4. The maximum absolute atomic E-state index is 13.7. The van der Waals surface area contributed by atoms with Gasteiger partial charge in [0.25, 0.3) is 0 Å². The molecule has 0 radical (unpaired) electrons. The highest BCUT2D eigenvalue weighted by Gasteiger charge is 2.44. The Morgan fingerprint density at radius 3 is 2.31 bits per heavy atom. The zero-order valence-corrected chi connectivity index (χ0v) is 20.4. The Hall–Kier alpha value is -3.19. The molecule has 7 nitrogen and oxygen atoms in total. The van der Waals surface area contributed by atoms with E-state index in [9.17, 15) is 19.5 Å². The van der Waals surface area contributed by atoms with E-state index in [2.05, 4.69) is 5.32 Å². The fourth-order valence-corrected chi connectivity index (χ4v) is 5.68. The number of carbonyl (C=O) groups excluding carboxylic acids is 2. The first-order valence-corrected chi connectivity index (χ1v) is 12.5. The zero-order chi connectivity index (χ0) is 25.1. The Labute approximate surface area is 206 Å². The van der Waals surface area contributed by atoms with E-state index < -0.39 is 12.0 Å². The fourth-order valence-electron chi connectivity index (χ4n) is 5.68. The van der Waals surface area contributed by atoms with Gasteiger partial charge in [-0.1, -0.05) is 30.3 Å². The molecule has 0 spiro atoms. The Balaban J connectivity index is 1.57. The van der Waals surface area contributed by atoms with Crippen molar-refractivity contribution in [2.75, 3.05) is 11.9 Å². The molecule has 186 valence electrons. The molecule has 2 aliphatic rings. The minimum Gasteiger partial charge on any atom is -0.478 e. The lowest BCUT2D eigenvalue weighted by Gasteiger charge is -2.34. The molecule has 1 unspecified atom stereocenters. The highest BCUT2D eigenvalue weighted by Crippen LogP contribution is 2.38. The third-order valence-electron chi connectivity index (χ3n) is 7.77. The van der Waals surface area contributed by atoms with Crippen LogP contribution in [0.15, 0.2) is 48.5 Å². The van der Waals surface area contributed by atoms with Crippen LogP contribution in [0.4, 0.5) is 5.69 Å². The van der Waals surface area contributed by atoms with E-state index in [4.69, 9.17) is 5.73 Å². The van der Waals surface area contributed by atoms with Gasteiger partial charge in [0.1, 0.15) is 6.04 Å². The number of aryl methyl sites for hydroxylation is 1. The standard InChI is InChI=1S/C28H35N3O4/c1-17-16-22(28(34)35)12-13-24(17)30-26(32)25-23(20-6-4-3-5-7-20)14-15-31(25)27(33)21-10-8-19(9-11-21)18(2)29/h3-7,12-13,16,18-19,21,23,25H,8-11,14-15,29H2,1-2H3,(H,30,32)(H,34,35)/t18?,19?,21?,23-,25-/m0/s1. The number of nitrogens with zero attached hydrogens (tertiary/aromatic N) is 1. The number of anilines is 1. The Morgan fingerprint density at radius 1 is 1.03 bits per heavy atom. The van der Waals surface area contributed by atoms with Crippen LogP contribution in [0, 0.1) is 18.8 Å². The molecule has 1 heterocycles. The molecule has 7 heteroatoms. The van der Waals surface area contributed by atoms with Gasteiger partial charge in [-0.3, -0.25) is 9.59 Å². The molecule has 2 aromatic carbocycles. The molecule has 1 saturated carbocycles. The molecule has 4 N–H and O–H groups in total. The van der Waals surface area contributed by atoms with E-state index in [-0.39, 0.29) is 35.3 Å². The van der Waals surface area contributed by atoms with Crippen LogP contribution in [-0.4, -0.2) is 46.4 Å². The molecule has 2 aromatic rings. The van der Waals surface area contributed by atoms with Crippen molar-refractivity contribution in [1.82, 2.24) is 4.90 Å². The summed E-state index contributed by atoms with van der Waals surface area (Å²) in [5, 5.41) is 12.2. The van der Waals surface area contributed by atoms with Crippen molar-refractivity contribution in [3.05, 3.63) is 65.2 Å². The summed E-state index contributed by atoms with van der Waals surface area (Å²) in [6.45, 7) is 4.34. The van der Waals surface area contributed by atoms with Crippen molar-refractivity contribution in [3.8, 4) is 0 Å². The number of hydrogen-bond donors (Lipinski definition) is 3. The number of benzene rings is 2. The lowest BCUT2D eigenvalue weighted by atomic mass is 9.78. The molecule has 1 aliphatic carbocycles. The first kappa shape index (κ1) is 24.9. The van der Waals surface area contributed by atoms with Gasteiger partial charge in [0, 0.05) is 30.1 Å². The van der Waals surface area contributed by atoms with Gasteiger partial charge < -0.3 is 21.1 Å². The summed E-state index contributed by atoms with van der Waals surface area (Å²) in [7, 11) is 0. The van der Waals surface area contributed by atoms with Crippen molar-refractivity contribution >= 4 is 23.5 Å². The van der Waals surface area contributed by atoms with E-state index in [1.807, 2.05) is 37.3 Å². The summed E-state index contributed by atoms with van der Waals surface area (Å²) < 4.78 is 0. The van der Waals surface area contributed by atoms with Gasteiger partial charge in [-0.15, -0.1) is 0 Å². The molecular weight excluding hydrogens is 442 g/mol. The predicted octanol–water partition coefficient (Wildman–Crippen LogP) is 4.17. The number of carboxylic acids is 1. The SMILES string of the molecule is Cc1cc(C(=O)O)ccc1NC(=O)[C@@H]1[C@H](c2ccccc2)CCN1C(=O)C1CCC(C(C)N)CC1. The smallest absolute Gasteiger partial charge is 0.335 e. The van der Waals surface area contributed by atoms with Crippen molar-refractivity contribution in [1.29, 1.82) is 0 Å². The van der Waals surface area contributed by atoms with Crippen molar-refractivity contribution < 1.29 is 19.5 Å². The number of nitrogens with two attached hydrogens (primary N) is 1. The molecule has 2 fully saturated rings. The topological polar surface area (TPSA) is 113 Å². The summed E-state index contributed by atoms with van der Waals surface area (Å²) in [5.74, 6) is -0.915. The fraction of sp³-hybridized carbons (Fsp3) is 0.464. The third-order valence-corrected chi connectivity index (χ3v) is 7.77. The summed E-state index contributed by atoms with van der Waals surface area (Å²) >= 11 is 0. The number of nitrogens with one attached hydrogen (secondary N) is 1. The highest BCUT2D eigenvalue weighted by atomic mass is 16.4. The van der Waals surface area contributed by atoms with Crippen LogP contribution in [0.5, 0.6) is 0 Å². The molecule has 1 saturated heterocycles. The first-order chi connectivity index (χ1) is 16.8. The number of hydrogen-bond acceptors (Lipinski definition) is 4. The van der Waals surface area contributed by atoms with E-state index in [1.165, 1.54) is 6.07 Å². The Bertz CT molecular complexity index is 1080. The molecule has 1 aliphatic heterocycles. The molecular formula is C28H35N3O4. The number of aromatic carboxylic acids is 1. The summed E-state index contributed by atoms with van der Waals surface area (Å²) in [4.78, 5) is 40.4. The van der Waals surface area contributed by atoms with Crippen LogP contribution in [-0.2, 0) is 9.59 Å². The second kappa shape index (κ2) is 10.6. The molecule has 3 atom stereocenters. The van der Waals surface area contributed by atoms with Crippen LogP contribution in [0.2, 0.25) is 0 Å². The third kappa shape index (κ3) is 5.40. The van der Waals surface area contributed by atoms with Crippen LogP contribution in [0.25, 0.3) is 0 Å². The Kier molecular flexibility index (Phi) is 7.55. The van der Waals surface area contributed by atoms with Gasteiger partial charge in [-0.2, -0.15) is 0 Å². The Morgan fingerprint density at radius 2 is 1.71 bits per heavy atom. The average molecular weight is 478 g/mol. The molecule has 35 heavy (non-hydrogen) atoms. The number of carbonyl (C=O) groups is 3. The molecule has 0 bridgehead atoms. The van der Waals surface area contributed by atoms with Crippen molar-refractivity contribution in [2.45, 2.75) is 64.0 Å². The van der Waals surface area contributed by atoms with E-state index in [0.29, 0.717) is 23.7 Å². The second-order valence-electron chi connectivity index (χ2n) is 10.1. The van der Waals surface area contributed by atoms with Crippen LogP contribution in [0.1, 0.15) is 66.4 Å². The van der Waals surface area contributed by atoms with Gasteiger partial charge >= 0.3 is 5.97 Å². The van der Waals surface area contributed by atoms with E-state index in [1.54, 1.807) is 24.0 Å². The number of rotatable bonds is 6. The highest BCUT2D eigenvalue weighted by molar-refractivity contribution is 5.99. The second-order valence-corrected chi connectivity index (χ2v) is 10.1. The van der Waals surface area contributed by atoms with Crippen molar-refractivity contribution in [3.63, 3.8) is 0 Å². The van der Waals surface area contributed by atoms with Crippen LogP contribution in [0.3, 0.4) is 0 Å². The number of carboxylic acid groups (broad SMARTS) is 1. The number of amides is 2. The monoisotopic (exact) mass is 477 g/mol. The minimum atomic E-state index is -1.01. The normalized spacial score (nSPS) is 25.2. The van der Waals surface area contributed by atoms with Gasteiger partial charge in [-0.05, 0) is 81.2 Å². The minimum absolute atomic E-state index is 0.0599. The van der Waals surface area contributed by atoms with Crippen molar-refractivity contribution in [2.24, 2.45) is 17.6 Å². The van der Waals surface area contributed by atoms with Gasteiger partial charge in [0.15, 0.2) is 0 Å². The van der Waals surface area contributed by atoms with Crippen LogP contribution >= 0.6 is 0 Å². The van der Waals surface area contributed by atoms with Gasteiger partial charge in [0.2, 0.25) is 11.8 Å². The predicted molar refractivity (Wildman–Crippen MR) is 135 cm³/mol. The molecule has 4 rings (SSSR count). The maximum atomic E-state index is 13.7. The molecule has 0 aromatic heterocycles. The van der Waals surface area contributed by atoms with E-state index >= 15 is 0 Å². The van der Waals surface area contributed by atoms with E-state index in [0.717, 1.165) is 37.7 Å². The average Bonchev–Trinajstić information content (AvgIpc) is 3.30. The summed E-state index contributed by atoms with van der Waals surface area (Å²) in [6.07, 6.45) is 4.22.